The van der Waals surface area contributed by atoms with Gasteiger partial charge in [-0.3, -0.25) is 4.79 Å². The third-order valence-electron chi connectivity index (χ3n) is 0.892. The van der Waals surface area contributed by atoms with Crippen LogP contribution >= 0.6 is 0 Å². The molecule has 0 heterocycles. The van der Waals surface area contributed by atoms with Crippen LogP contribution in [0.1, 0.15) is 19.8 Å². The first kappa shape index (κ1) is 15.3. The van der Waals surface area contributed by atoms with Crippen LogP contribution in [0, 0.1) is 0 Å². The van der Waals surface area contributed by atoms with E-state index in [9.17, 15) is 22.8 Å². The summed E-state index contributed by atoms with van der Waals surface area (Å²) in [6, 6.07) is 0. The molecule has 0 N–H and O–H groups in total. The van der Waals surface area contributed by atoms with Crippen molar-refractivity contribution in [2.75, 3.05) is 0 Å². The van der Waals surface area contributed by atoms with Crippen molar-refractivity contribution < 1.29 is 53.7 Å². The zero-order chi connectivity index (χ0) is 9.78. The Morgan fingerprint density at radius 3 is 2.08 bits per heavy atom. The summed E-state index contributed by atoms with van der Waals surface area (Å²) >= 11 is 0. The Kier molecular flexibility index (Phi) is 7.40. The molecule has 0 atom stereocenters. The molecule has 0 saturated heterocycles. The van der Waals surface area contributed by atoms with Crippen molar-refractivity contribution in [1.82, 2.24) is 0 Å². The van der Waals surface area contributed by atoms with Gasteiger partial charge in [0, 0.05) is 32.6 Å². The largest absolute Gasteiger partial charge is 0.491 e. The summed E-state index contributed by atoms with van der Waals surface area (Å²) < 4.78 is 37.7. The van der Waals surface area contributed by atoms with E-state index in [1.54, 1.807) is 6.92 Å². The number of carbonyl (C=O) groups is 2. The van der Waals surface area contributed by atoms with Crippen molar-refractivity contribution in [3.63, 3.8) is 0 Å². The summed E-state index contributed by atoms with van der Waals surface area (Å²) in [4.78, 5) is 20.3. The summed E-state index contributed by atoms with van der Waals surface area (Å²) in [6.45, 7) is 1.58. The Balaban J connectivity index is 0. The van der Waals surface area contributed by atoms with E-state index in [1.807, 2.05) is 0 Å². The zero-order valence-electron chi connectivity index (χ0n) is 6.77. The minimum Gasteiger partial charge on any atom is -0.386 e. The fourth-order valence-corrected chi connectivity index (χ4v) is 0.416. The topological polar surface area (TPSA) is 43.4 Å². The molecular weight excluding hydrogens is 268 g/mol. The van der Waals surface area contributed by atoms with Crippen molar-refractivity contribution in [1.29, 1.82) is 0 Å². The number of rotatable bonds is 2. The molecule has 0 unspecified atom stereocenters. The second kappa shape index (κ2) is 6.29. The summed E-state index contributed by atoms with van der Waals surface area (Å²) in [5.41, 5.74) is 0. The van der Waals surface area contributed by atoms with Crippen LogP contribution in [0.25, 0.3) is 0 Å². The Bertz CT molecular complexity index is 190. The maximum atomic E-state index is 11.4. The Labute approximate surface area is 91.7 Å². The predicted molar refractivity (Wildman–Crippen MR) is 32.1 cm³/mol. The van der Waals surface area contributed by atoms with Gasteiger partial charge in [-0.1, -0.05) is 6.92 Å². The Morgan fingerprint density at radius 1 is 1.31 bits per heavy atom. The minimum atomic E-state index is -5.09. The van der Waals surface area contributed by atoms with Crippen LogP contribution in [0.5, 0.6) is 0 Å². The smallest absolute Gasteiger partial charge is 0.386 e. The van der Waals surface area contributed by atoms with Gasteiger partial charge in [0.1, 0.15) is 0 Å². The molecule has 0 radical (unpaired) electrons. The molecule has 74 valence electrons. The van der Waals surface area contributed by atoms with Crippen LogP contribution in [0.3, 0.4) is 0 Å². The van der Waals surface area contributed by atoms with Crippen molar-refractivity contribution in [2.24, 2.45) is 0 Å². The van der Waals surface area contributed by atoms with Gasteiger partial charge < -0.3 is 4.74 Å². The molecule has 0 aliphatic heterocycles. The normalized spacial score (nSPS) is 10.2. The molecule has 0 saturated carbocycles. The van der Waals surface area contributed by atoms with Gasteiger partial charge in [-0.2, -0.15) is 13.2 Å². The van der Waals surface area contributed by atoms with Crippen LogP contribution in [0.2, 0.25) is 0 Å². The molecule has 0 aliphatic carbocycles. The minimum absolute atomic E-state index is 0. The van der Waals surface area contributed by atoms with Gasteiger partial charge in [-0.25, -0.2) is 4.79 Å². The standard InChI is InChI=1S/C6H7F3O3.Zr/c1-2-3-4(10)12-5(11)6(7,8)9;/h2-3H2,1H3;. The van der Waals surface area contributed by atoms with Gasteiger partial charge >= 0.3 is 18.1 Å². The molecule has 0 spiro atoms. The monoisotopic (exact) mass is 274 g/mol. The number of hydrogen-bond donors (Lipinski definition) is 0. The van der Waals surface area contributed by atoms with E-state index in [-0.39, 0.29) is 32.6 Å². The third-order valence-corrected chi connectivity index (χ3v) is 0.892. The number of alkyl halides is 3. The summed E-state index contributed by atoms with van der Waals surface area (Å²) in [5, 5.41) is 0. The molecule has 0 aromatic carbocycles. The molecular formula is C6H7F3O3Zr. The average Bonchev–Trinajstić information content (AvgIpc) is 1.85. The molecule has 0 aliphatic rings. The van der Waals surface area contributed by atoms with Crippen LogP contribution in [-0.2, 0) is 40.5 Å². The second-order valence-corrected chi connectivity index (χ2v) is 2.01. The van der Waals surface area contributed by atoms with Gasteiger partial charge in [0.25, 0.3) is 0 Å². The third kappa shape index (κ3) is 6.93. The molecule has 0 aromatic rings. The number of esters is 2. The van der Waals surface area contributed by atoms with Gasteiger partial charge in [0.05, 0.1) is 0 Å². The predicted octanol–water partition coefficient (Wildman–Crippen LogP) is 1.42. The SMILES string of the molecule is CCCC(=O)OC(=O)C(F)(F)F.[Zr]. The van der Waals surface area contributed by atoms with Crippen molar-refractivity contribution in [3.8, 4) is 0 Å². The molecule has 0 fully saturated rings. The summed E-state index contributed by atoms with van der Waals surface area (Å²) in [5.74, 6) is -3.61. The average molecular weight is 275 g/mol. The fraction of sp³-hybridized carbons (Fsp3) is 0.667. The van der Waals surface area contributed by atoms with Gasteiger partial charge in [0.15, 0.2) is 0 Å². The molecule has 13 heavy (non-hydrogen) atoms. The number of hydrogen-bond acceptors (Lipinski definition) is 3. The summed E-state index contributed by atoms with van der Waals surface area (Å²) in [7, 11) is 0. The van der Waals surface area contributed by atoms with Gasteiger partial charge in [0.2, 0.25) is 0 Å². The molecule has 0 amide bonds. The first-order chi connectivity index (χ1) is 5.38. The number of ether oxygens (including phenoxy) is 1. The van der Waals surface area contributed by atoms with Crippen LogP contribution in [-0.4, -0.2) is 18.1 Å². The van der Waals surface area contributed by atoms with Gasteiger partial charge in [-0.15, -0.1) is 0 Å². The van der Waals surface area contributed by atoms with Crippen molar-refractivity contribution >= 4 is 11.9 Å². The van der Waals surface area contributed by atoms with Gasteiger partial charge in [-0.05, 0) is 6.42 Å². The number of halogens is 3. The van der Waals surface area contributed by atoms with E-state index in [2.05, 4.69) is 4.74 Å². The second-order valence-electron chi connectivity index (χ2n) is 2.01. The van der Waals surface area contributed by atoms with Crippen LogP contribution < -0.4 is 0 Å². The molecule has 0 rings (SSSR count). The molecule has 0 bridgehead atoms. The summed E-state index contributed by atoms with van der Waals surface area (Å²) in [6.07, 6.45) is -4.95. The Morgan fingerprint density at radius 2 is 1.77 bits per heavy atom. The number of carbonyl (C=O) groups excluding carboxylic acids is 2. The first-order valence-corrected chi connectivity index (χ1v) is 3.19. The quantitative estimate of drug-likeness (QED) is 0.565. The van der Waals surface area contributed by atoms with E-state index in [0.717, 1.165) is 0 Å². The first-order valence-electron chi connectivity index (χ1n) is 3.19. The van der Waals surface area contributed by atoms with Crippen LogP contribution in [0.4, 0.5) is 13.2 Å². The van der Waals surface area contributed by atoms with E-state index in [4.69, 9.17) is 0 Å². The van der Waals surface area contributed by atoms with E-state index in [0.29, 0.717) is 6.42 Å². The maximum Gasteiger partial charge on any atom is 0.491 e. The molecule has 3 nitrogen and oxygen atoms in total. The zero-order valence-corrected chi connectivity index (χ0v) is 9.23. The molecule has 7 heteroatoms. The van der Waals surface area contributed by atoms with E-state index >= 15 is 0 Å². The maximum absolute atomic E-state index is 11.4. The fourth-order valence-electron chi connectivity index (χ4n) is 0.416. The van der Waals surface area contributed by atoms with E-state index < -0.39 is 18.1 Å². The van der Waals surface area contributed by atoms with Crippen molar-refractivity contribution in [2.45, 2.75) is 25.9 Å². The van der Waals surface area contributed by atoms with Crippen LogP contribution in [0.15, 0.2) is 0 Å². The Hall–Kier alpha value is -0.187. The van der Waals surface area contributed by atoms with E-state index in [1.165, 1.54) is 0 Å². The van der Waals surface area contributed by atoms with Crippen molar-refractivity contribution in [3.05, 3.63) is 0 Å². The molecule has 0 aromatic heterocycles.